The third-order valence-corrected chi connectivity index (χ3v) is 3.64. The molecule has 102 valence electrons. The summed E-state index contributed by atoms with van der Waals surface area (Å²) >= 11 is 0. The first-order valence-electron chi connectivity index (χ1n) is 6.78. The largest absolute Gasteiger partial charge is 0.393 e. The highest BCUT2D eigenvalue weighted by atomic mass is 16.3. The van der Waals surface area contributed by atoms with Gasteiger partial charge in [-0.25, -0.2) is 0 Å². The van der Waals surface area contributed by atoms with Crippen molar-refractivity contribution in [1.29, 1.82) is 0 Å². The summed E-state index contributed by atoms with van der Waals surface area (Å²) in [5, 5.41) is 18.3. The number of hydrogen-bond donors (Lipinski definition) is 2. The third-order valence-electron chi connectivity index (χ3n) is 3.64. The molecule has 2 N–H and O–H groups in total. The lowest BCUT2D eigenvalue weighted by Gasteiger charge is -2.17. The zero-order valence-electron chi connectivity index (χ0n) is 11.3. The van der Waals surface area contributed by atoms with Crippen LogP contribution in [0.3, 0.4) is 0 Å². The van der Waals surface area contributed by atoms with Crippen molar-refractivity contribution < 1.29 is 10.2 Å². The highest BCUT2D eigenvalue weighted by Crippen LogP contribution is 2.21. The van der Waals surface area contributed by atoms with Gasteiger partial charge < -0.3 is 10.2 Å². The van der Waals surface area contributed by atoms with E-state index in [1.807, 2.05) is 19.1 Å². The van der Waals surface area contributed by atoms with Crippen LogP contribution in [-0.2, 0) is 6.54 Å². The van der Waals surface area contributed by atoms with Crippen molar-refractivity contribution in [1.82, 2.24) is 4.90 Å². The predicted molar refractivity (Wildman–Crippen MR) is 75.5 cm³/mol. The minimum atomic E-state index is -0.216. The smallest absolute Gasteiger partial charge is 0.104 e. The fraction of sp³-hybridized carbons (Fsp3) is 0.500. The molecule has 1 heterocycles. The second-order valence-corrected chi connectivity index (χ2v) is 5.18. The van der Waals surface area contributed by atoms with Crippen LogP contribution in [-0.4, -0.2) is 40.9 Å². The first-order chi connectivity index (χ1) is 9.19. The standard InChI is InChI=1S/C16H21NO2/c1-13(19)16-7-8-17(12-16)11-15-5-2-4-14(10-15)6-3-9-18/h2,4-5,10,13,16,18-19H,7-9,11-12H2,1H3. The van der Waals surface area contributed by atoms with E-state index in [-0.39, 0.29) is 12.7 Å². The molecular weight excluding hydrogens is 238 g/mol. The van der Waals surface area contributed by atoms with Crippen molar-refractivity contribution >= 4 is 0 Å². The molecule has 0 aromatic heterocycles. The van der Waals surface area contributed by atoms with E-state index in [0.29, 0.717) is 5.92 Å². The van der Waals surface area contributed by atoms with Gasteiger partial charge >= 0.3 is 0 Å². The van der Waals surface area contributed by atoms with Crippen molar-refractivity contribution in [3.8, 4) is 11.8 Å². The average Bonchev–Trinajstić information content (AvgIpc) is 2.85. The zero-order valence-corrected chi connectivity index (χ0v) is 11.3. The van der Waals surface area contributed by atoms with E-state index in [2.05, 4.69) is 28.9 Å². The molecular formula is C16H21NO2. The number of aliphatic hydroxyl groups is 2. The molecule has 0 aliphatic carbocycles. The number of rotatable bonds is 3. The van der Waals surface area contributed by atoms with Gasteiger partial charge in [0, 0.05) is 18.7 Å². The number of hydrogen-bond acceptors (Lipinski definition) is 3. The molecule has 2 unspecified atom stereocenters. The van der Waals surface area contributed by atoms with Gasteiger partial charge in [-0.05, 0) is 43.5 Å². The molecule has 0 amide bonds. The summed E-state index contributed by atoms with van der Waals surface area (Å²) in [4.78, 5) is 2.37. The number of likely N-dealkylation sites (tertiary alicyclic amines) is 1. The van der Waals surface area contributed by atoms with Crippen molar-refractivity contribution in [2.24, 2.45) is 5.92 Å². The van der Waals surface area contributed by atoms with Crippen LogP contribution in [0.2, 0.25) is 0 Å². The lowest BCUT2D eigenvalue weighted by Crippen LogP contribution is -2.23. The highest BCUT2D eigenvalue weighted by Gasteiger charge is 2.25. The Kier molecular flexibility index (Phi) is 4.98. The maximum atomic E-state index is 9.61. The van der Waals surface area contributed by atoms with Gasteiger partial charge in [0.1, 0.15) is 6.61 Å². The van der Waals surface area contributed by atoms with E-state index in [9.17, 15) is 5.11 Å². The Morgan fingerprint density at radius 3 is 3.00 bits per heavy atom. The van der Waals surface area contributed by atoms with E-state index in [0.717, 1.165) is 31.6 Å². The van der Waals surface area contributed by atoms with Gasteiger partial charge in [-0.1, -0.05) is 24.0 Å². The molecule has 19 heavy (non-hydrogen) atoms. The summed E-state index contributed by atoms with van der Waals surface area (Å²) in [5.74, 6) is 5.99. The summed E-state index contributed by atoms with van der Waals surface area (Å²) in [7, 11) is 0. The first kappa shape index (κ1) is 14.1. The second-order valence-electron chi connectivity index (χ2n) is 5.18. The normalized spacial score (nSPS) is 20.9. The van der Waals surface area contributed by atoms with Gasteiger partial charge in [0.05, 0.1) is 6.10 Å². The number of benzene rings is 1. The van der Waals surface area contributed by atoms with Gasteiger partial charge in [-0.2, -0.15) is 0 Å². The van der Waals surface area contributed by atoms with Crippen LogP contribution in [0.1, 0.15) is 24.5 Å². The molecule has 0 spiro atoms. The molecule has 1 aromatic rings. The quantitative estimate of drug-likeness (QED) is 0.803. The number of nitrogens with zero attached hydrogens (tertiary/aromatic N) is 1. The fourth-order valence-electron chi connectivity index (χ4n) is 2.55. The lowest BCUT2D eigenvalue weighted by molar-refractivity contribution is 0.127. The fourth-order valence-corrected chi connectivity index (χ4v) is 2.55. The van der Waals surface area contributed by atoms with Gasteiger partial charge in [0.25, 0.3) is 0 Å². The summed E-state index contributed by atoms with van der Waals surface area (Å²) in [6.07, 6.45) is 0.855. The Morgan fingerprint density at radius 1 is 1.47 bits per heavy atom. The summed E-state index contributed by atoms with van der Waals surface area (Å²) in [6.45, 7) is 4.68. The van der Waals surface area contributed by atoms with E-state index in [4.69, 9.17) is 5.11 Å². The van der Waals surface area contributed by atoms with E-state index in [1.165, 1.54) is 5.56 Å². The van der Waals surface area contributed by atoms with E-state index < -0.39 is 0 Å². The maximum Gasteiger partial charge on any atom is 0.104 e. The molecule has 3 nitrogen and oxygen atoms in total. The maximum absolute atomic E-state index is 9.61. The van der Waals surface area contributed by atoms with Crippen LogP contribution in [0.5, 0.6) is 0 Å². The lowest BCUT2D eigenvalue weighted by atomic mass is 10.0. The molecule has 0 saturated carbocycles. The SMILES string of the molecule is CC(O)C1CCN(Cc2cccc(C#CCO)c2)C1. The van der Waals surface area contributed by atoms with Crippen molar-refractivity contribution in [2.45, 2.75) is 26.0 Å². The first-order valence-corrected chi connectivity index (χ1v) is 6.78. The molecule has 1 aliphatic heterocycles. The second kappa shape index (κ2) is 6.72. The van der Waals surface area contributed by atoms with Crippen LogP contribution >= 0.6 is 0 Å². The Morgan fingerprint density at radius 2 is 2.32 bits per heavy atom. The Balaban J connectivity index is 1.96. The minimum Gasteiger partial charge on any atom is -0.393 e. The topological polar surface area (TPSA) is 43.7 Å². The van der Waals surface area contributed by atoms with Gasteiger partial charge in [0.2, 0.25) is 0 Å². The molecule has 0 bridgehead atoms. The van der Waals surface area contributed by atoms with Crippen LogP contribution in [0.25, 0.3) is 0 Å². The zero-order chi connectivity index (χ0) is 13.7. The molecule has 0 radical (unpaired) electrons. The molecule has 1 aliphatic rings. The Labute approximate surface area is 114 Å². The van der Waals surface area contributed by atoms with E-state index in [1.54, 1.807) is 0 Å². The monoisotopic (exact) mass is 259 g/mol. The Bertz CT molecular complexity index is 473. The van der Waals surface area contributed by atoms with Crippen molar-refractivity contribution in [3.63, 3.8) is 0 Å². The van der Waals surface area contributed by atoms with Gasteiger partial charge in [0.15, 0.2) is 0 Å². The molecule has 1 aromatic carbocycles. The van der Waals surface area contributed by atoms with Crippen LogP contribution in [0.4, 0.5) is 0 Å². The number of aliphatic hydroxyl groups excluding tert-OH is 2. The molecule has 1 fully saturated rings. The molecule has 2 rings (SSSR count). The molecule has 2 atom stereocenters. The van der Waals surface area contributed by atoms with Gasteiger partial charge in [-0.3, -0.25) is 4.90 Å². The third kappa shape index (κ3) is 4.07. The average molecular weight is 259 g/mol. The summed E-state index contributed by atoms with van der Waals surface area (Å²) < 4.78 is 0. The molecule has 1 saturated heterocycles. The van der Waals surface area contributed by atoms with Gasteiger partial charge in [-0.15, -0.1) is 0 Å². The molecule has 3 heteroatoms. The van der Waals surface area contributed by atoms with Crippen LogP contribution in [0.15, 0.2) is 24.3 Å². The summed E-state index contributed by atoms with van der Waals surface area (Å²) in [6, 6.07) is 8.12. The van der Waals surface area contributed by atoms with Crippen LogP contribution < -0.4 is 0 Å². The minimum absolute atomic E-state index is 0.105. The van der Waals surface area contributed by atoms with Crippen molar-refractivity contribution in [3.05, 3.63) is 35.4 Å². The van der Waals surface area contributed by atoms with E-state index >= 15 is 0 Å². The Hall–Kier alpha value is -1.34. The predicted octanol–water partition coefficient (Wildman–Crippen LogP) is 1.23. The van der Waals surface area contributed by atoms with Crippen molar-refractivity contribution in [2.75, 3.05) is 19.7 Å². The van der Waals surface area contributed by atoms with Crippen LogP contribution in [0, 0.1) is 17.8 Å². The summed E-state index contributed by atoms with van der Waals surface area (Å²) in [5.41, 5.74) is 2.17. The highest BCUT2D eigenvalue weighted by molar-refractivity contribution is 5.37.